The zero-order chi connectivity index (χ0) is 10.1. The number of carbonyl (C=O) groups is 1. The minimum atomic E-state index is -0.268. The molecule has 4 heteroatoms. The van der Waals surface area contributed by atoms with E-state index in [2.05, 4.69) is 0 Å². The van der Waals surface area contributed by atoms with Crippen molar-refractivity contribution in [2.75, 3.05) is 19.8 Å². The molecule has 2 fully saturated rings. The Morgan fingerprint density at radius 2 is 2.29 bits per heavy atom. The van der Waals surface area contributed by atoms with Crippen LogP contribution in [-0.2, 0) is 9.53 Å². The van der Waals surface area contributed by atoms with E-state index in [0.717, 1.165) is 12.8 Å². The fourth-order valence-corrected chi connectivity index (χ4v) is 1.90. The summed E-state index contributed by atoms with van der Waals surface area (Å²) in [5.41, 5.74) is 5.88. The molecule has 1 aliphatic heterocycles. The van der Waals surface area contributed by atoms with E-state index in [1.165, 1.54) is 0 Å². The number of rotatable bonds is 2. The molecule has 1 saturated heterocycles. The molecule has 0 spiro atoms. The van der Waals surface area contributed by atoms with Crippen LogP contribution in [0.1, 0.15) is 19.8 Å². The Morgan fingerprint density at radius 3 is 2.86 bits per heavy atom. The largest absolute Gasteiger partial charge is 0.377 e. The number of nitrogens with zero attached hydrogens (tertiary/aromatic N) is 1. The summed E-state index contributed by atoms with van der Waals surface area (Å²) in [5, 5.41) is 0. The highest BCUT2D eigenvalue weighted by atomic mass is 16.5. The molecule has 0 aromatic rings. The van der Waals surface area contributed by atoms with Crippen LogP contribution in [0.2, 0.25) is 0 Å². The number of hydrogen-bond acceptors (Lipinski definition) is 3. The van der Waals surface area contributed by atoms with Gasteiger partial charge in [-0.1, -0.05) is 0 Å². The molecule has 1 heterocycles. The van der Waals surface area contributed by atoms with Gasteiger partial charge in [0.2, 0.25) is 5.91 Å². The first-order chi connectivity index (χ1) is 6.70. The van der Waals surface area contributed by atoms with Crippen LogP contribution in [0.4, 0.5) is 0 Å². The van der Waals surface area contributed by atoms with E-state index >= 15 is 0 Å². The van der Waals surface area contributed by atoms with Gasteiger partial charge in [-0.05, 0) is 25.7 Å². The van der Waals surface area contributed by atoms with Gasteiger partial charge in [0, 0.05) is 6.54 Å². The fourth-order valence-electron chi connectivity index (χ4n) is 1.90. The lowest BCUT2D eigenvalue weighted by molar-refractivity contribution is -0.141. The summed E-state index contributed by atoms with van der Waals surface area (Å²) in [6.07, 6.45) is 2.23. The zero-order valence-electron chi connectivity index (χ0n) is 8.61. The minimum absolute atomic E-state index is 0.114. The van der Waals surface area contributed by atoms with Crippen LogP contribution in [0.5, 0.6) is 0 Å². The van der Waals surface area contributed by atoms with E-state index in [0.29, 0.717) is 25.7 Å². The number of ether oxygens (including phenoxy) is 1. The summed E-state index contributed by atoms with van der Waals surface area (Å²) in [7, 11) is 0. The molecule has 0 bridgehead atoms. The monoisotopic (exact) mass is 198 g/mol. The Morgan fingerprint density at radius 1 is 1.57 bits per heavy atom. The Hall–Kier alpha value is -0.610. The standard InChI is InChI=1S/C10H18N2O2/c1-7-6-14-5-4-12(7)10(13)9(11)8-2-3-8/h7-9H,2-6,11H2,1H3. The van der Waals surface area contributed by atoms with Gasteiger partial charge in [0.1, 0.15) is 0 Å². The van der Waals surface area contributed by atoms with Gasteiger partial charge < -0.3 is 15.4 Å². The molecule has 0 radical (unpaired) electrons. The molecular weight excluding hydrogens is 180 g/mol. The van der Waals surface area contributed by atoms with Crippen LogP contribution < -0.4 is 5.73 Å². The van der Waals surface area contributed by atoms with E-state index in [9.17, 15) is 4.79 Å². The first-order valence-corrected chi connectivity index (χ1v) is 5.34. The topological polar surface area (TPSA) is 55.6 Å². The number of nitrogens with two attached hydrogens (primary N) is 1. The van der Waals surface area contributed by atoms with Crippen molar-refractivity contribution in [2.45, 2.75) is 31.8 Å². The third-order valence-electron chi connectivity index (χ3n) is 3.07. The predicted octanol–water partition coefficient (Wildman–Crippen LogP) is -0.0290. The second kappa shape index (κ2) is 3.87. The third kappa shape index (κ3) is 1.91. The molecule has 2 rings (SSSR count). The fraction of sp³-hybridized carbons (Fsp3) is 0.900. The van der Waals surface area contributed by atoms with Gasteiger partial charge in [0.15, 0.2) is 0 Å². The van der Waals surface area contributed by atoms with E-state index in [1.54, 1.807) is 0 Å². The number of carbonyl (C=O) groups excluding carboxylic acids is 1. The first-order valence-electron chi connectivity index (χ1n) is 5.34. The van der Waals surface area contributed by atoms with Gasteiger partial charge in [-0.15, -0.1) is 0 Å². The molecular formula is C10H18N2O2. The maximum Gasteiger partial charge on any atom is 0.240 e. The molecule has 1 amide bonds. The van der Waals surface area contributed by atoms with Gasteiger partial charge in [-0.25, -0.2) is 0 Å². The third-order valence-corrected chi connectivity index (χ3v) is 3.07. The molecule has 0 aromatic carbocycles. The van der Waals surface area contributed by atoms with Crippen LogP contribution >= 0.6 is 0 Å². The predicted molar refractivity (Wildman–Crippen MR) is 52.7 cm³/mol. The molecule has 1 aliphatic carbocycles. The average molecular weight is 198 g/mol. The average Bonchev–Trinajstić information content (AvgIpc) is 3.00. The number of amides is 1. The molecule has 2 aliphatic rings. The summed E-state index contributed by atoms with van der Waals surface area (Å²) < 4.78 is 5.28. The quantitative estimate of drug-likeness (QED) is 0.678. The maximum absolute atomic E-state index is 11.9. The normalized spacial score (nSPS) is 30.1. The van der Waals surface area contributed by atoms with Gasteiger partial charge >= 0.3 is 0 Å². The Bertz CT molecular complexity index is 228. The van der Waals surface area contributed by atoms with Crippen molar-refractivity contribution in [1.29, 1.82) is 0 Å². The lowest BCUT2D eigenvalue weighted by atomic mass is 10.1. The van der Waals surface area contributed by atoms with Crippen LogP contribution in [0.15, 0.2) is 0 Å². The van der Waals surface area contributed by atoms with Gasteiger partial charge in [0.05, 0.1) is 25.3 Å². The van der Waals surface area contributed by atoms with Crippen molar-refractivity contribution in [2.24, 2.45) is 11.7 Å². The number of morpholine rings is 1. The van der Waals surface area contributed by atoms with Crippen molar-refractivity contribution in [1.82, 2.24) is 4.90 Å². The van der Waals surface area contributed by atoms with Crippen molar-refractivity contribution in [3.63, 3.8) is 0 Å². The van der Waals surface area contributed by atoms with Gasteiger partial charge in [-0.2, -0.15) is 0 Å². The van der Waals surface area contributed by atoms with E-state index in [1.807, 2.05) is 11.8 Å². The highest BCUT2D eigenvalue weighted by Crippen LogP contribution is 2.32. The van der Waals surface area contributed by atoms with Crippen LogP contribution in [0, 0.1) is 5.92 Å². The second-order valence-corrected chi connectivity index (χ2v) is 4.32. The molecule has 14 heavy (non-hydrogen) atoms. The Balaban J connectivity index is 1.94. The SMILES string of the molecule is CC1COCCN1C(=O)C(N)C1CC1. The van der Waals surface area contributed by atoms with Crippen molar-refractivity contribution >= 4 is 5.91 Å². The minimum Gasteiger partial charge on any atom is -0.377 e. The highest BCUT2D eigenvalue weighted by molar-refractivity contribution is 5.82. The highest BCUT2D eigenvalue weighted by Gasteiger charge is 2.37. The summed E-state index contributed by atoms with van der Waals surface area (Å²) in [6, 6.07) is -0.0865. The Labute approximate surface area is 84.4 Å². The molecule has 4 nitrogen and oxygen atoms in total. The molecule has 2 N–H and O–H groups in total. The smallest absolute Gasteiger partial charge is 0.240 e. The number of hydrogen-bond donors (Lipinski definition) is 1. The van der Waals surface area contributed by atoms with E-state index in [4.69, 9.17) is 10.5 Å². The molecule has 2 atom stereocenters. The zero-order valence-corrected chi connectivity index (χ0v) is 8.61. The molecule has 2 unspecified atom stereocenters. The summed E-state index contributed by atoms with van der Waals surface area (Å²) in [4.78, 5) is 13.8. The van der Waals surface area contributed by atoms with Crippen molar-refractivity contribution in [3.05, 3.63) is 0 Å². The molecule has 1 saturated carbocycles. The van der Waals surface area contributed by atoms with E-state index in [-0.39, 0.29) is 18.0 Å². The lowest BCUT2D eigenvalue weighted by Crippen LogP contribution is -2.53. The second-order valence-electron chi connectivity index (χ2n) is 4.32. The lowest BCUT2D eigenvalue weighted by Gasteiger charge is -2.35. The van der Waals surface area contributed by atoms with Gasteiger partial charge in [-0.3, -0.25) is 4.79 Å². The van der Waals surface area contributed by atoms with Crippen molar-refractivity contribution < 1.29 is 9.53 Å². The Kier molecular flexibility index (Phi) is 2.74. The van der Waals surface area contributed by atoms with Crippen LogP contribution in [0.3, 0.4) is 0 Å². The summed E-state index contributed by atoms with van der Waals surface area (Å²) in [5.74, 6) is 0.556. The summed E-state index contributed by atoms with van der Waals surface area (Å²) in [6.45, 7) is 3.99. The first kappa shape index (κ1) is 9.93. The maximum atomic E-state index is 11.9. The van der Waals surface area contributed by atoms with Crippen molar-refractivity contribution in [3.8, 4) is 0 Å². The van der Waals surface area contributed by atoms with Crippen LogP contribution in [-0.4, -0.2) is 42.6 Å². The molecule has 80 valence electrons. The molecule has 0 aromatic heterocycles. The van der Waals surface area contributed by atoms with Gasteiger partial charge in [0.25, 0.3) is 0 Å². The summed E-state index contributed by atoms with van der Waals surface area (Å²) >= 11 is 0. The van der Waals surface area contributed by atoms with Crippen LogP contribution in [0.25, 0.3) is 0 Å². The van der Waals surface area contributed by atoms with E-state index < -0.39 is 0 Å².